The second kappa shape index (κ2) is 17.5. The molecule has 4 aliphatic rings. The molecule has 7 atom stereocenters. The van der Waals surface area contributed by atoms with Gasteiger partial charge < -0.3 is 23.8 Å². The van der Waals surface area contributed by atoms with Crippen molar-refractivity contribution >= 4 is 49.1 Å². The van der Waals surface area contributed by atoms with Crippen molar-refractivity contribution in [1.29, 1.82) is 0 Å². The Morgan fingerprint density at radius 2 is 1.92 bits per heavy atom. The number of anilines is 1. The normalized spacial score (nSPS) is 28.9. The van der Waals surface area contributed by atoms with Crippen LogP contribution < -0.4 is 19.1 Å². The fraction of sp³-hybridized carbons (Fsp3) is 0.537. The zero-order valence-corrected chi connectivity index (χ0v) is 36.3. The van der Waals surface area contributed by atoms with E-state index in [0.717, 1.165) is 44.0 Å². The van der Waals surface area contributed by atoms with Gasteiger partial charge in [-0.2, -0.15) is 8.42 Å². The minimum Gasteiger partial charge on any atom is -0.490 e. The first kappa shape index (κ1) is 43.1. The highest BCUT2D eigenvalue weighted by Crippen LogP contribution is 2.47. The number of methoxy groups -OCH3 is 2. The van der Waals surface area contributed by atoms with Crippen LogP contribution in [-0.4, -0.2) is 106 Å². The van der Waals surface area contributed by atoms with Gasteiger partial charge in [-0.15, -0.1) is 9.46 Å². The molecule has 18 heteroatoms. The quantitative estimate of drug-likeness (QED) is 0.171. The summed E-state index contributed by atoms with van der Waals surface area (Å²) in [5.74, 6) is -1.53. The van der Waals surface area contributed by atoms with Gasteiger partial charge in [0.2, 0.25) is 5.88 Å². The van der Waals surface area contributed by atoms with Crippen molar-refractivity contribution < 1.29 is 45.3 Å². The molecule has 0 saturated heterocycles. The van der Waals surface area contributed by atoms with E-state index >= 15 is 4.21 Å². The molecule has 1 spiro atoms. The average molecular weight is 874 g/mol. The van der Waals surface area contributed by atoms with Gasteiger partial charge in [0, 0.05) is 55.4 Å². The van der Waals surface area contributed by atoms with E-state index in [1.165, 1.54) is 29.1 Å². The van der Waals surface area contributed by atoms with Gasteiger partial charge in [0.1, 0.15) is 21.2 Å². The zero-order chi connectivity index (χ0) is 42.1. The Morgan fingerprint density at radius 3 is 2.64 bits per heavy atom. The molecule has 15 nitrogen and oxygen atoms in total. The molecule has 1 N–H and O–H groups in total. The van der Waals surface area contributed by atoms with E-state index in [4.69, 9.17) is 34.7 Å². The van der Waals surface area contributed by atoms with Gasteiger partial charge >= 0.3 is 0 Å². The monoisotopic (exact) mass is 873 g/mol. The number of hydrogen-bond donors (Lipinski definition) is 1. The molecular formula is C41H52ClN5O10S2. The maximum Gasteiger partial charge on any atom is 0.286 e. The van der Waals surface area contributed by atoms with Crippen LogP contribution in [0.25, 0.3) is 0 Å². The second-order valence-electron chi connectivity index (χ2n) is 16.1. The Kier molecular flexibility index (Phi) is 12.8. The Hall–Kier alpha value is -4.00. The van der Waals surface area contributed by atoms with Crippen molar-refractivity contribution in [2.45, 2.75) is 56.7 Å². The minimum atomic E-state index is -3.89. The van der Waals surface area contributed by atoms with Gasteiger partial charge in [0.25, 0.3) is 21.9 Å². The lowest BCUT2D eigenvalue weighted by Crippen LogP contribution is -2.49. The summed E-state index contributed by atoms with van der Waals surface area (Å²) in [5, 5.41) is 4.84. The smallest absolute Gasteiger partial charge is 0.286 e. The predicted molar refractivity (Wildman–Crippen MR) is 223 cm³/mol. The van der Waals surface area contributed by atoms with Crippen LogP contribution in [-0.2, 0) is 52.6 Å². The molecule has 7 rings (SSSR count). The van der Waals surface area contributed by atoms with E-state index in [2.05, 4.69) is 31.2 Å². The Balaban J connectivity index is 1.31. The average Bonchev–Trinajstić information content (AvgIpc) is 3.49. The number of aromatic nitrogens is 2. The predicted octanol–water partition coefficient (Wildman–Crippen LogP) is 5.12. The van der Waals surface area contributed by atoms with Crippen LogP contribution in [0.1, 0.15) is 64.4 Å². The van der Waals surface area contributed by atoms with E-state index < -0.39 is 43.9 Å². The molecule has 1 fully saturated rings. The van der Waals surface area contributed by atoms with E-state index in [-0.39, 0.29) is 59.3 Å². The van der Waals surface area contributed by atoms with E-state index in [1.807, 2.05) is 18.2 Å². The molecule has 2 aromatic carbocycles. The number of benzene rings is 2. The van der Waals surface area contributed by atoms with Crippen LogP contribution >= 0.6 is 11.6 Å². The summed E-state index contributed by atoms with van der Waals surface area (Å²) >= 11 is 6.48. The first-order valence-corrected chi connectivity index (χ1v) is 23.6. The summed E-state index contributed by atoms with van der Waals surface area (Å²) in [6.07, 6.45) is 9.74. The number of carbonyl (C=O) groups excluding carboxylic acids is 2. The van der Waals surface area contributed by atoms with Crippen molar-refractivity contribution in [2.75, 3.05) is 64.0 Å². The second-order valence-corrected chi connectivity index (χ2v) is 20.2. The Bertz CT molecular complexity index is 2340. The summed E-state index contributed by atoms with van der Waals surface area (Å²) in [4.78, 5) is 30.4. The number of hydrogen-bond acceptors (Lipinski definition) is 12. The lowest BCUT2D eigenvalue weighted by Gasteiger charge is -2.46. The topological polar surface area (TPSA) is 177 Å². The molecule has 0 radical (unpaired) electrons. The third-order valence-electron chi connectivity index (χ3n) is 11.9. The standard InChI is InChI=1S/C41H52ClN5O10S2/c1-26-23-59(52,45-39(49)32-22-46(2)43-40(32)54-4)44-38(48)28-9-13-37-34(20-28)47(24-41(25-56-37)16-6-7-27-19-30(42)10-12-33(27)41)21-29-8-11-31(29)36(53-3)15-14-35(26)55-17-18-57-58(5,50)51/h9-10,12-15,19-20,22,26,29,31,35-36H,6-8,11,16-18,21,23-25H2,1-5H3,(H,44,45,48,49,52)/b15-14+/t26-,29+,31-,35+,36+,41+,59+/m1/s1. The number of nitrogens with zero attached hydrogens (tertiary/aromatic N) is 4. The highest BCUT2D eigenvalue weighted by Gasteiger charge is 2.44. The molecule has 2 bridgehead atoms. The largest absolute Gasteiger partial charge is 0.490 e. The van der Waals surface area contributed by atoms with Crippen molar-refractivity contribution in [2.24, 2.45) is 29.2 Å². The number of halogens is 1. The number of ether oxygens (including phenoxy) is 4. The van der Waals surface area contributed by atoms with E-state index in [9.17, 15) is 18.0 Å². The summed E-state index contributed by atoms with van der Waals surface area (Å²) < 4.78 is 75.7. The molecule has 3 aromatic rings. The summed E-state index contributed by atoms with van der Waals surface area (Å²) in [5.41, 5.74) is 2.99. The van der Waals surface area contributed by atoms with Gasteiger partial charge in [-0.3, -0.25) is 23.2 Å². The van der Waals surface area contributed by atoms with Gasteiger partial charge in [-0.1, -0.05) is 36.7 Å². The number of rotatable bonds is 9. The molecule has 2 aliphatic heterocycles. The highest BCUT2D eigenvalue weighted by atomic mass is 35.5. The number of aryl methyl sites for hydroxylation is 2. The number of amides is 2. The SMILES string of the molecule is COc1nn(C)cc1C(=O)N[S@@]1(=O)=NC(=O)c2ccc3c(c2)N(C[C@@H]2CC[C@H]2[C@@H](OC)/C=C/[C@H](OCCOS(C)(=O)=O)[C@H](C)C1)C[C@@]1(CCCc2cc(Cl)ccc21)CO3. The van der Waals surface area contributed by atoms with Crippen LogP contribution in [0, 0.1) is 17.8 Å². The van der Waals surface area contributed by atoms with Crippen molar-refractivity contribution in [3.05, 3.63) is 82.0 Å². The molecule has 1 aromatic heterocycles. The molecule has 0 unspecified atom stereocenters. The Labute approximate surface area is 351 Å². The van der Waals surface area contributed by atoms with Crippen LogP contribution in [0.4, 0.5) is 5.69 Å². The minimum absolute atomic E-state index is 0.00193. The highest BCUT2D eigenvalue weighted by molar-refractivity contribution is 7.92. The molecule has 3 heterocycles. The lowest BCUT2D eigenvalue weighted by atomic mass is 9.68. The van der Waals surface area contributed by atoms with Crippen LogP contribution in [0.2, 0.25) is 5.02 Å². The molecule has 320 valence electrons. The van der Waals surface area contributed by atoms with Crippen LogP contribution in [0.5, 0.6) is 11.6 Å². The maximum absolute atomic E-state index is 15.0. The fourth-order valence-corrected chi connectivity index (χ4v) is 11.3. The number of nitrogens with one attached hydrogen (secondary N) is 1. The van der Waals surface area contributed by atoms with Crippen molar-refractivity contribution in [3.8, 4) is 11.6 Å². The summed E-state index contributed by atoms with van der Waals surface area (Å²) in [6, 6.07) is 11.2. The lowest BCUT2D eigenvalue weighted by molar-refractivity contribution is 0.00981. The molecular weight excluding hydrogens is 822 g/mol. The van der Waals surface area contributed by atoms with Gasteiger partial charge in [-0.05, 0) is 85.4 Å². The van der Waals surface area contributed by atoms with Gasteiger partial charge in [0.15, 0.2) is 0 Å². The zero-order valence-electron chi connectivity index (χ0n) is 33.9. The van der Waals surface area contributed by atoms with Crippen molar-refractivity contribution in [1.82, 2.24) is 14.5 Å². The first-order valence-electron chi connectivity index (χ1n) is 19.8. The third kappa shape index (κ3) is 9.65. The van der Waals surface area contributed by atoms with E-state index in [1.54, 1.807) is 39.3 Å². The number of carbonyl (C=O) groups is 2. The maximum atomic E-state index is 15.0. The summed E-state index contributed by atoms with van der Waals surface area (Å²) in [7, 11) is -2.98. The molecule has 59 heavy (non-hydrogen) atoms. The van der Waals surface area contributed by atoms with Gasteiger partial charge in [-0.25, -0.2) is 4.21 Å². The van der Waals surface area contributed by atoms with E-state index in [0.29, 0.717) is 30.5 Å². The van der Waals surface area contributed by atoms with Crippen molar-refractivity contribution in [3.63, 3.8) is 0 Å². The van der Waals surface area contributed by atoms with Crippen LogP contribution in [0.15, 0.2) is 59.1 Å². The molecule has 1 saturated carbocycles. The number of fused-ring (bicyclic) bond motifs is 4. The molecule has 2 amide bonds. The third-order valence-corrected chi connectivity index (χ3v) is 14.6. The summed E-state index contributed by atoms with van der Waals surface area (Å²) in [6.45, 7) is 3.12. The molecule has 2 aliphatic carbocycles. The first-order chi connectivity index (χ1) is 28.1. The van der Waals surface area contributed by atoms with Crippen LogP contribution in [0.3, 0.4) is 0 Å². The Morgan fingerprint density at radius 1 is 1.12 bits per heavy atom. The fourth-order valence-electron chi connectivity index (χ4n) is 8.89. The van der Waals surface area contributed by atoms with Gasteiger partial charge in [0.05, 0.1) is 56.8 Å².